The summed E-state index contributed by atoms with van der Waals surface area (Å²) < 4.78 is 13.4. The Kier molecular flexibility index (Phi) is 4.57. The van der Waals surface area contributed by atoms with Crippen molar-refractivity contribution in [1.82, 2.24) is 9.88 Å². The Morgan fingerprint density at radius 1 is 1.45 bits per heavy atom. The van der Waals surface area contributed by atoms with Crippen LogP contribution in [0.15, 0.2) is 12.3 Å². The molecule has 1 fully saturated rings. The van der Waals surface area contributed by atoms with E-state index in [1.54, 1.807) is 0 Å². The van der Waals surface area contributed by atoms with Gasteiger partial charge in [-0.3, -0.25) is 4.79 Å². The van der Waals surface area contributed by atoms with E-state index in [0.29, 0.717) is 29.8 Å². The molecule has 1 aromatic heterocycles. The van der Waals surface area contributed by atoms with E-state index in [1.807, 2.05) is 11.8 Å². The number of piperidine rings is 1. The molecule has 0 saturated carbocycles. The second-order valence-corrected chi connectivity index (χ2v) is 5.74. The molecule has 2 atom stereocenters. The van der Waals surface area contributed by atoms with Crippen LogP contribution in [0.1, 0.15) is 37.6 Å². The summed E-state index contributed by atoms with van der Waals surface area (Å²) in [5.74, 6) is 0.808. The Labute approximate surface area is 119 Å². The van der Waals surface area contributed by atoms with Crippen LogP contribution in [0, 0.1) is 17.7 Å². The van der Waals surface area contributed by atoms with E-state index in [-0.39, 0.29) is 5.91 Å². The van der Waals surface area contributed by atoms with Gasteiger partial charge in [0.1, 0.15) is 11.6 Å². The maximum Gasteiger partial charge on any atom is 0.257 e. The van der Waals surface area contributed by atoms with E-state index in [2.05, 4.69) is 24.1 Å². The van der Waals surface area contributed by atoms with Crippen LogP contribution in [-0.4, -0.2) is 35.4 Å². The van der Waals surface area contributed by atoms with Gasteiger partial charge in [0.05, 0.1) is 11.8 Å². The summed E-state index contributed by atoms with van der Waals surface area (Å²) >= 11 is 0. The zero-order chi connectivity index (χ0) is 14.7. The van der Waals surface area contributed by atoms with Crippen LogP contribution in [0.4, 0.5) is 10.2 Å². The summed E-state index contributed by atoms with van der Waals surface area (Å²) in [6.45, 7) is 8.31. The average molecular weight is 279 g/mol. The first-order valence-corrected chi connectivity index (χ1v) is 7.20. The van der Waals surface area contributed by atoms with E-state index >= 15 is 0 Å². The molecule has 0 radical (unpaired) electrons. The fourth-order valence-electron chi connectivity index (χ4n) is 2.91. The number of likely N-dealkylation sites (tertiary alicyclic amines) is 1. The summed E-state index contributed by atoms with van der Waals surface area (Å²) in [6.07, 6.45) is 2.27. The minimum absolute atomic E-state index is 0.133. The third kappa shape index (κ3) is 3.26. The van der Waals surface area contributed by atoms with Crippen LogP contribution in [-0.2, 0) is 0 Å². The normalized spacial score (nSPS) is 22.7. The smallest absolute Gasteiger partial charge is 0.257 e. The molecule has 1 amide bonds. The highest BCUT2D eigenvalue weighted by Gasteiger charge is 2.27. The second kappa shape index (κ2) is 6.20. The Balaban J connectivity index is 2.25. The quantitative estimate of drug-likeness (QED) is 0.925. The Bertz CT molecular complexity index is 482. The van der Waals surface area contributed by atoms with Crippen molar-refractivity contribution in [3.8, 4) is 0 Å². The van der Waals surface area contributed by atoms with E-state index in [0.717, 1.165) is 25.7 Å². The first-order valence-electron chi connectivity index (χ1n) is 7.20. The lowest BCUT2D eigenvalue weighted by molar-refractivity contribution is 0.0623. The number of carbonyl (C=O) groups is 1. The number of anilines is 1. The highest BCUT2D eigenvalue weighted by atomic mass is 19.1. The number of hydrogen-bond acceptors (Lipinski definition) is 3. The molecule has 1 aliphatic heterocycles. The fourth-order valence-corrected chi connectivity index (χ4v) is 2.91. The number of nitrogens with zero attached hydrogens (tertiary/aromatic N) is 2. The lowest BCUT2D eigenvalue weighted by atomic mass is 9.91. The summed E-state index contributed by atoms with van der Waals surface area (Å²) in [5.41, 5.74) is 0.327. The molecule has 0 spiro atoms. The largest absolute Gasteiger partial charge is 0.370 e. The number of pyridine rings is 1. The maximum atomic E-state index is 13.4. The molecule has 1 N–H and O–H groups in total. The zero-order valence-corrected chi connectivity index (χ0v) is 12.3. The minimum atomic E-state index is -0.479. The van der Waals surface area contributed by atoms with E-state index in [4.69, 9.17) is 0 Å². The van der Waals surface area contributed by atoms with Crippen molar-refractivity contribution in [2.45, 2.75) is 27.2 Å². The lowest BCUT2D eigenvalue weighted by Crippen LogP contribution is -2.42. The molecule has 2 heterocycles. The highest BCUT2D eigenvalue weighted by molar-refractivity contribution is 5.98. The number of nitrogens with one attached hydrogen (secondary N) is 1. The van der Waals surface area contributed by atoms with Gasteiger partial charge >= 0.3 is 0 Å². The summed E-state index contributed by atoms with van der Waals surface area (Å²) in [7, 11) is 0. The van der Waals surface area contributed by atoms with Gasteiger partial charge < -0.3 is 10.2 Å². The molecular formula is C15H22FN3O. The molecule has 1 aliphatic rings. The topological polar surface area (TPSA) is 45.2 Å². The SMILES string of the molecule is CCNc1ncc(F)cc1C(=O)N1CC(C)CC(C)C1. The lowest BCUT2D eigenvalue weighted by Gasteiger charge is -2.35. The van der Waals surface area contributed by atoms with Crippen LogP contribution in [0.3, 0.4) is 0 Å². The standard InChI is InChI=1S/C15H22FN3O/c1-4-17-14-13(6-12(16)7-18-14)15(20)19-8-10(2)5-11(3)9-19/h6-7,10-11H,4-5,8-9H2,1-3H3,(H,17,18). The molecule has 110 valence electrons. The van der Waals surface area contributed by atoms with Gasteiger partial charge in [0.2, 0.25) is 0 Å². The van der Waals surface area contributed by atoms with Crippen molar-refractivity contribution in [3.63, 3.8) is 0 Å². The molecular weight excluding hydrogens is 257 g/mol. The monoisotopic (exact) mass is 279 g/mol. The van der Waals surface area contributed by atoms with Crippen LogP contribution >= 0.6 is 0 Å². The number of amides is 1. The summed E-state index contributed by atoms with van der Waals surface area (Å²) in [5, 5.41) is 3.02. The maximum absolute atomic E-state index is 13.4. The molecule has 2 rings (SSSR count). The minimum Gasteiger partial charge on any atom is -0.370 e. The summed E-state index contributed by atoms with van der Waals surface area (Å²) in [6, 6.07) is 1.28. The predicted molar refractivity (Wildman–Crippen MR) is 77.2 cm³/mol. The van der Waals surface area contributed by atoms with Crippen LogP contribution in [0.25, 0.3) is 0 Å². The van der Waals surface area contributed by atoms with Gasteiger partial charge in [-0.2, -0.15) is 0 Å². The van der Waals surface area contributed by atoms with Gasteiger partial charge in [-0.15, -0.1) is 0 Å². The Hall–Kier alpha value is -1.65. The molecule has 0 aliphatic carbocycles. The molecule has 0 bridgehead atoms. The third-order valence-corrected chi connectivity index (χ3v) is 3.59. The van der Waals surface area contributed by atoms with Crippen molar-refractivity contribution in [2.75, 3.05) is 25.0 Å². The fraction of sp³-hybridized carbons (Fsp3) is 0.600. The van der Waals surface area contributed by atoms with Gasteiger partial charge in [-0.1, -0.05) is 13.8 Å². The number of rotatable bonds is 3. The number of aromatic nitrogens is 1. The summed E-state index contributed by atoms with van der Waals surface area (Å²) in [4.78, 5) is 18.4. The van der Waals surface area contributed by atoms with Crippen molar-refractivity contribution < 1.29 is 9.18 Å². The van der Waals surface area contributed by atoms with Crippen LogP contribution in [0.2, 0.25) is 0 Å². The Morgan fingerprint density at radius 2 is 2.10 bits per heavy atom. The molecule has 20 heavy (non-hydrogen) atoms. The highest BCUT2D eigenvalue weighted by Crippen LogP contribution is 2.24. The van der Waals surface area contributed by atoms with Crippen LogP contribution < -0.4 is 5.32 Å². The Morgan fingerprint density at radius 3 is 2.70 bits per heavy atom. The zero-order valence-electron chi connectivity index (χ0n) is 12.3. The van der Waals surface area contributed by atoms with Gasteiger partial charge in [0.25, 0.3) is 5.91 Å². The average Bonchev–Trinajstić information content (AvgIpc) is 2.39. The van der Waals surface area contributed by atoms with Crippen LogP contribution in [0.5, 0.6) is 0 Å². The van der Waals surface area contributed by atoms with Crippen molar-refractivity contribution in [2.24, 2.45) is 11.8 Å². The molecule has 0 aromatic carbocycles. The van der Waals surface area contributed by atoms with Crippen molar-refractivity contribution in [3.05, 3.63) is 23.6 Å². The number of carbonyl (C=O) groups excluding carboxylic acids is 1. The van der Waals surface area contributed by atoms with Gasteiger partial charge in [0, 0.05) is 19.6 Å². The first-order chi connectivity index (χ1) is 9.51. The molecule has 1 saturated heterocycles. The van der Waals surface area contributed by atoms with Gasteiger partial charge in [0.15, 0.2) is 0 Å². The van der Waals surface area contributed by atoms with E-state index < -0.39 is 5.82 Å². The van der Waals surface area contributed by atoms with E-state index in [1.165, 1.54) is 6.07 Å². The third-order valence-electron chi connectivity index (χ3n) is 3.59. The predicted octanol–water partition coefficient (Wildman–Crippen LogP) is 2.77. The number of hydrogen-bond donors (Lipinski definition) is 1. The number of halogens is 1. The van der Waals surface area contributed by atoms with E-state index in [9.17, 15) is 9.18 Å². The molecule has 5 heteroatoms. The van der Waals surface area contributed by atoms with Crippen molar-refractivity contribution >= 4 is 11.7 Å². The second-order valence-electron chi connectivity index (χ2n) is 5.74. The molecule has 2 unspecified atom stereocenters. The molecule has 4 nitrogen and oxygen atoms in total. The molecule has 1 aromatic rings. The van der Waals surface area contributed by atoms with Crippen molar-refractivity contribution in [1.29, 1.82) is 0 Å². The first kappa shape index (κ1) is 14.8. The van der Waals surface area contributed by atoms with Gasteiger partial charge in [-0.05, 0) is 31.2 Å². The van der Waals surface area contributed by atoms with Gasteiger partial charge in [-0.25, -0.2) is 9.37 Å².